The smallest absolute Gasteiger partial charge is 0.321 e. The number of carbonyl (C=O) groups is 2. The van der Waals surface area contributed by atoms with Gasteiger partial charge >= 0.3 is 11.9 Å². The van der Waals surface area contributed by atoms with Crippen LogP contribution in [0.2, 0.25) is 0 Å². The minimum atomic E-state index is -1.28. The summed E-state index contributed by atoms with van der Waals surface area (Å²) >= 11 is 0. The highest BCUT2D eigenvalue weighted by Gasteiger charge is 2.54. The number of aromatic amines is 1. The number of ether oxygens (including phenoxy) is 1. The number of fused-ring (bicyclic) bond motifs is 10. The predicted octanol–water partition coefficient (Wildman–Crippen LogP) is 3.69. The van der Waals surface area contributed by atoms with E-state index in [9.17, 15) is 9.59 Å². The molecule has 4 aromatic rings. The minimum Gasteiger partial charge on any atom is -0.480 e. The van der Waals surface area contributed by atoms with E-state index in [4.69, 9.17) is 15.6 Å². The predicted molar refractivity (Wildman–Crippen MR) is 140 cm³/mol. The number of nitrogens with one attached hydrogen (secondary N) is 2. The van der Waals surface area contributed by atoms with Gasteiger partial charge in [0.05, 0.1) is 48.1 Å². The summed E-state index contributed by atoms with van der Waals surface area (Å²) < 4.78 is 22.3. The topological polar surface area (TPSA) is 148 Å². The quantitative estimate of drug-likeness (QED) is 0.263. The molecule has 6 atom stereocenters. The number of nitrogens with two attached hydrogens (primary N) is 1. The van der Waals surface area contributed by atoms with Gasteiger partial charge in [0.2, 0.25) is 0 Å². The zero-order valence-corrected chi connectivity index (χ0v) is 21.1. The first kappa shape index (κ1) is 24.1. The molecule has 202 valence electrons. The van der Waals surface area contributed by atoms with Crippen LogP contribution in [-0.4, -0.2) is 49.7 Å². The van der Waals surface area contributed by atoms with Gasteiger partial charge in [-0.05, 0) is 66.2 Å². The minimum absolute atomic E-state index is 0.0104. The van der Waals surface area contributed by atoms with Gasteiger partial charge < -0.3 is 20.9 Å². The van der Waals surface area contributed by atoms with Crippen LogP contribution in [0, 0.1) is 23.6 Å². The molecule has 3 unspecified atom stereocenters. The van der Waals surface area contributed by atoms with Crippen LogP contribution in [0.3, 0.4) is 0 Å². The number of aliphatic carboxylic acids is 1. The number of H-pyrrole nitrogens is 1. The van der Waals surface area contributed by atoms with E-state index in [0.717, 1.165) is 32.9 Å². The highest BCUT2D eigenvalue weighted by Crippen LogP contribution is 2.64. The lowest BCUT2D eigenvalue weighted by molar-refractivity contribution is -0.149. The normalized spacial score (nSPS) is 25.8. The highest BCUT2D eigenvalue weighted by molar-refractivity contribution is 5.89. The summed E-state index contributed by atoms with van der Waals surface area (Å²) in [5.74, 6) is -0.330. The van der Waals surface area contributed by atoms with Gasteiger partial charge in [-0.3, -0.25) is 19.4 Å². The second kappa shape index (κ2) is 9.04. The number of anilines is 1. The molecule has 0 radical (unpaired) electrons. The molecule has 1 aliphatic heterocycles. The molecular formula is C28H29FN6O4. The van der Waals surface area contributed by atoms with Crippen LogP contribution in [0.5, 0.6) is 0 Å². The Balaban J connectivity index is 1.15. The second-order valence-corrected chi connectivity index (χ2v) is 11.1. The number of carboxylic acid groups (broad SMARTS) is 1. The van der Waals surface area contributed by atoms with Gasteiger partial charge in [-0.2, -0.15) is 10.2 Å². The lowest BCUT2D eigenvalue weighted by Gasteiger charge is -2.43. The van der Waals surface area contributed by atoms with Crippen molar-refractivity contribution >= 4 is 39.4 Å². The lowest BCUT2D eigenvalue weighted by atomic mass is 9.67. The summed E-state index contributed by atoms with van der Waals surface area (Å²) in [7, 11) is 0. The number of hydrogen-bond donors (Lipinski definition) is 4. The highest BCUT2D eigenvalue weighted by atomic mass is 19.1. The summed E-state index contributed by atoms with van der Waals surface area (Å²) in [6.45, 7) is 0.381. The Kier molecular flexibility index (Phi) is 5.58. The number of carboxylic acids is 1. The van der Waals surface area contributed by atoms with Crippen LogP contribution in [-0.2, 0) is 20.9 Å². The number of rotatable bonds is 7. The lowest BCUT2D eigenvalue weighted by Crippen LogP contribution is -2.36. The van der Waals surface area contributed by atoms with Crippen molar-refractivity contribution in [2.45, 2.75) is 50.2 Å². The Morgan fingerprint density at radius 3 is 2.92 bits per heavy atom. The van der Waals surface area contributed by atoms with Crippen LogP contribution in [0.25, 0.3) is 21.8 Å². The van der Waals surface area contributed by atoms with Gasteiger partial charge in [-0.1, -0.05) is 6.07 Å². The molecular weight excluding hydrogens is 503 g/mol. The SMILES string of the molecule is NC(CC(=O)OCCn1ncc2cc([C@@H]3Nc4c(F)cc5[nH]ncc5c4[C@H]4C5CCC(C5)[C@@H]34)ccc21)C(=O)O. The Labute approximate surface area is 222 Å². The molecule has 7 rings (SSSR count). The maximum Gasteiger partial charge on any atom is 0.321 e. The van der Waals surface area contributed by atoms with Crippen molar-refractivity contribution in [3.05, 3.63) is 53.6 Å². The van der Waals surface area contributed by atoms with E-state index in [1.807, 2.05) is 12.3 Å². The molecule has 39 heavy (non-hydrogen) atoms. The summed E-state index contributed by atoms with van der Waals surface area (Å²) in [4.78, 5) is 22.7. The zero-order chi connectivity index (χ0) is 26.8. The second-order valence-electron chi connectivity index (χ2n) is 11.1. The molecule has 2 aliphatic carbocycles. The van der Waals surface area contributed by atoms with E-state index in [-0.39, 0.29) is 24.9 Å². The number of esters is 1. The molecule has 5 N–H and O–H groups in total. The van der Waals surface area contributed by atoms with Gasteiger partial charge in [0.1, 0.15) is 18.5 Å². The van der Waals surface area contributed by atoms with Crippen LogP contribution in [0.15, 0.2) is 36.7 Å². The van der Waals surface area contributed by atoms with E-state index >= 15 is 4.39 Å². The zero-order valence-electron chi connectivity index (χ0n) is 21.1. The number of hydrogen-bond acceptors (Lipinski definition) is 7. The third-order valence-corrected chi connectivity index (χ3v) is 9.03. The third-order valence-electron chi connectivity index (χ3n) is 9.03. The van der Waals surface area contributed by atoms with Crippen molar-refractivity contribution in [1.82, 2.24) is 20.0 Å². The monoisotopic (exact) mass is 532 g/mol. The van der Waals surface area contributed by atoms with Crippen molar-refractivity contribution in [2.24, 2.45) is 23.5 Å². The molecule has 2 aromatic carbocycles. The van der Waals surface area contributed by atoms with Gasteiger partial charge in [-0.25, -0.2) is 4.39 Å². The average Bonchev–Trinajstić information content (AvgIpc) is 3.72. The summed E-state index contributed by atoms with van der Waals surface area (Å²) in [5.41, 5.74) is 9.82. The number of carbonyl (C=O) groups excluding carboxylic acids is 1. The fourth-order valence-electron chi connectivity index (χ4n) is 7.43. The fraction of sp³-hybridized carbons (Fsp3) is 0.429. The van der Waals surface area contributed by atoms with Gasteiger partial charge in [0.25, 0.3) is 0 Å². The van der Waals surface area contributed by atoms with E-state index in [1.165, 1.54) is 25.3 Å². The van der Waals surface area contributed by atoms with E-state index in [2.05, 4.69) is 32.7 Å². The van der Waals surface area contributed by atoms with E-state index in [0.29, 0.717) is 35.9 Å². The molecule has 2 fully saturated rings. The van der Waals surface area contributed by atoms with Gasteiger partial charge in [0.15, 0.2) is 0 Å². The molecule has 3 heterocycles. The van der Waals surface area contributed by atoms with Crippen molar-refractivity contribution in [3.8, 4) is 0 Å². The fourth-order valence-corrected chi connectivity index (χ4v) is 7.43. The average molecular weight is 533 g/mol. The molecule has 2 bridgehead atoms. The number of benzene rings is 2. The molecule has 3 aliphatic rings. The van der Waals surface area contributed by atoms with Crippen molar-refractivity contribution in [2.75, 3.05) is 11.9 Å². The first-order chi connectivity index (χ1) is 18.9. The number of halogens is 1. The van der Waals surface area contributed by atoms with Crippen LogP contribution in [0.1, 0.15) is 48.8 Å². The molecule has 11 heteroatoms. The molecule has 0 spiro atoms. The Hall–Kier alpha value is -3.99. The maximum atomic E-state index is 15.4. The molecule has 2 aromatic heterocycles. The maximum absolute atomic E-state index is 15.4. The summed E-state index contributed by atoms with van der Waals surface area (Å²) in [5, 5.41) is 26.0. The first-order valence-electron chi connectivity index (χ1n) is 13.4. The van der Waals surface area contributed by atoms with E-state index in [1.54, 1.807) is 10.9 Å². The van der Waals surface area contributed by atoms with Crippen molar-refractivity contribution in [1.29, 1.82) is 0 Å². The third kappa shape index (κ3) is 3.86. The van der Waals surface area contributed by atoms with Crippen LogP contribution < -0.4 is 11.1 Å². The number of aromatic nitrogens is 4. The Morgan fingerprint density at radius 1 is 1.23 bits per heavy atom. The molecule has 0 saturated heterocycles. The Morgan fingerprint density at radius 2 is 2.08 bits per heavy atom. The van der Waals surface area contributed by atoms with E-state index < -0.39 is 18.0 Å². The first-order valence-corrected chi connectivity index (χ1v) is 13.4. The largest absolute Gasteiger partial charge is 0.480 e. The van der Waals surface area contributed by atoms with Crippen LogP contribution in [0.4, 0.5) is 10.1 Å². The van der Waals surface area contributed by atoms with Crippen LogP contribution >= 0.6 is 0 Å². The van der Waals surface area contributed by atoms with Gasteiger partial charge in [0, 0.05) is 16.8 Å². The molecule has 0 amide bonds. The van der Waals surface area contributed by atoms with Crippen molar-refractivity contribution < 1.29 is 23.8 Å². The molecule has 2 saturated carbocycles. The van der Waals surface area contributed by atoms with Crippen molar-refractivity contribution in [3.63, 3.8) is 0 Å². The summed E-state index contributed by atoms with van der Waals surface area (Å²) in [6.07, 6.45) is 6.81. The summed E-state index contributed by atoms with van der Waals surface area (Å²) in [6, 6.07) is 6.46. The van der Waals surface area contributed by atoms with Gasteiger partial charge in [-0.15, -0.1) is 0 Å². The Bertz CT molecular complexity index is 1610. The standard InChI is InChI=1S/C28H29FN6O4/c29-18-9-20-17(12-31-34-20)25-23-13-1-2-14(7-13)24(23)26(33-27(18)25)15-3-4-21-16(8-15)11-32-35(21)5-6-39-22(36)10-19(30)28(37)38/h3-4,8-9,11-14,19,23-24,26,33H,1-2,5-7,10,30H2,(H,31,34)(H,37,38)/t13?,14?,19?,23-,24+,26-/m0/s1. The number of nitrogens with zero attached hydrogens (tertiary/aromatic N) is 3. The molecule has 10 nitrogen and oxygen atoms in total.